The van der Waals surface area contributed by atoms with E-state index >= 15 is 0 Å². The van der Waals surface area contributed by atoms with Gasteiger partial charge in [0.25, 0.3) is 5.69 Å². The summed E-state index contributed by atoms with van der Waals surface area (Å²) in [6.07, 6.45) is 0.851. The highest BCUT2D eigenvalue weighted by atomic mass is 32.2. The maximum Gasteiger partial charge on any atom is 0.269 e. The molecule has 0 radical (unpaired) electrons. The van der Waals surface area contributed by atoms with Crippen molar-refractivity contribution in [3.63, 3.8) is 0 Å². The molecule has 0 aliphatic carbocycles. The van der Waals surface area contributed by atoms with Crippen molar-refractivity contribution in [3.8, 4) is 5.75 Å². The van der Waals surface area contributed by atoms with Crippen LogP contribution in [0.25, 0.3) is 0 Å². The Labute approximate surface area is 115 Å². The first-order valence-electron chi connectivity index (χ1n) is 5.80. The van der Waals surface area contributed by atoms with Gasteiger partial charge in [-0.25, -0.2) is 0 Å². The Bertz CT molecular complexity index is 552. The highest BCUT2D eigenvalue weighted by molar-refractivity contribution is 7.99. The monoisotopic (exact) mass is 275 g/mol. The van der Waals surface area contributed by atoms with Gasteiger partial charge in [0.15, 0.2) is 0 Å². The second kappa shape index (κ2) is 6.24. The van der Waals surface area contributed by atoms with Crippen molar-refractivity contribution in [2.45, 2.75) is 11.3 Å². The van der Waals surface area contributed by atoms with Gasteiger partial charge in [0.05, 0.1) is 4.92 Å². The first-order chi connectivity index (χ1) is 9.15. The van der Waals surface area contributed by atoms with Crippen LogP contribution in [0.15, 0.2) is 53.4 Å². The Morgan fingerprint density at radius 3 is 2.26 bits per heavy atom. The van der Waals surface area contributed by atoms with Crippen molar-refractivity contribution < 1.29 is 10.0 Å². The van der Waals surface area contributed by atoms with Crippen LogP contribution in [0.5, 0.6) is 5.75 Å². The van der Waals surface area contributed by atoms with Crippen LogP contribution in [-0.2, 0) is 6.42 Å². The van der Waals surface area contributed by atoms with Crippen LogP contribution < -0.4 is 0 Å². The van der Waals surface area contributed by atoms with Crippen LogP contribution in [0, 0.1) is 10.1 Å². The fourth-order valence-corrected chi connectivity index (χ4v) is 2.52. The molecule has 0 atom stereocenters. The van der Waals surface area contributed by atoms with Crippen LogP contribution in [0.1, 0.15) is 5.56 Å². The third kappa shape index (κ3) is 3.99. The molecule has 98 valence electrons. The Kier molecular flexibility index (Phi) is 4.41. The molecule has 4 nitrogen and oxygen atoms in total. The second-order valence-electron chi connectivity index (χ2n) is 4.02. The molecule has 0 aromatic heterocycles. The number of hydrogen-bond acceptors (Lipinski definition) is 4. The van der Waals surface area contributed by atoms with Crippen LogP contribution >= 0.6 is 11.8 Å². The zero-order valence-electron chi connectivity index (χ0n) is 10.2. The van der Waals surface area contributed by atoms with Crippen LogP contribution in [0.2, 0.25) is 0 Å². The number of nitrogens with zero attached hydrogens (tertiary/aromatic N) is 1. The molecular weight excluding hydrogens is 262 g/mol. The molecule has 2 rings (SSSR count). The van der Waals surface area contributed by atoms with E-state index < -0.39 is 4.92 Å². The van der Waals surface area contributed by atoms with Gasteiger partial charge < -0.3 is 5.11 Å². The van der Waals surface area contributed by atoms with Crippen molar-refractivity contribution in [2.24, 2.45) is 0 Å². The number of nitro benzene ring substituents is 1. The molecule has 0 aliphatic rings. The largest absolute Gasteiger partial charge is 0.508 e. The number of thioether (sulfide) groups is 1. The van der Waals surface area contributed by atoms with E-state index in [0.29, 0.717) is 0 Å². The highest BCUT2D eigenvalue weighted by Gasteiger charge is 2.03. The topological polar surface area (TPSA) is 63.4 Å². The molecular formula is C14H13NO3S. The summed E-state index contributed by atoms with van der Waals surface area (Å²) in [7, 11) is 0. The lowest BCUT2D eigenvalue weighted by atomic mass is 10.1. The van der Waals surface area contributed by atoms with Crippen molar-refractivity contribution in [1.29, 1.82) is 0 Å². The molecule has 1 N–H and O–H groups in total. The van der Waals surface area contributed by atoms with Gasteiger partial charge in [-0.3, -0.25) is 10.1 Å². The first kappa shape index (κ1) is 13.4. The van der Waals surface area contributed by atoms with Gasteiger partial charge in [-0.1, -0.05) is 12.1 Å². The summed E-state index contributed by atoms with van der Waals surface area (Å²) in [5.74, 6) is 1.16. The van der Waals surface area contributed by atoms with E-state index in [2.05, 4.69) is 0 Å². The van der Waals surface area contributed by atoms with Crippen molar-refractivity contribution >= 4 is 17.4 Å². The average Bonchev–Trinajstić information content (AvgIpc) is 2.41. The number of nitro groups is 1. The summed E-state index contributed by atoms with van der Waals surface area (Å²) in [4.78, 5) is 11.2. The average molecular weight is 275 g/mol. The zero-order chi connectivity index (χ0) is 13.7. The van der Waals surface area contributed by atoms with Crippen LogP contribution in [0.3, 0.4) is 0 Å². The molecule has 19 heavy (non-hydrogen) atoms. The Hall–Kier alpha value is -2.01. The maximum absolute atomic E-state index is 10.5. The summed E-state index contributed by atoms with van der Waals surface area (Å²) >= 11 is 1.69. The van der Waals surface area contributed by atoms with Gasteiger partial charge in [0.1, 0.15) is 5.75 Å². The van der Waals surface area contributed by atoms with E-state index in [0.717, 1.165) is 22.6 Å². The van der Waals surface area contributed by atoms with Crippen molar-refractivity contribution in [2.75, 3.05) is 5.75 Å². The number of aromatic hydroxyl groups is 1. The molecule has 5 heteroatoms. The van der Waals surface area contributed by atoms with Gasteiger partial charge in [0.2, 0.25) is 0 Å². The molecule has 0 bridgehead atoms. The molecule has 0 saturated heterocycles. The second-order valence-corrected chi connectivity index (χ2v) is 5.18. The minimum absolute atomic E-state index is 0.120. The standard InChI is InChI=1S/C14H13NO3S/c16-13-5-7-14(8-6-13)19-10-9-11-1-3-12(4-2-11)15(17)18/h1-8,16H,9-10H2. The van der Waals surface area contributed by atoms with Crippen LogP contribution in [0.4, 0.5) is 5.69 Å². The molecule has 0 spiro atoms. The minimum atomic E-state index is -0.394. The molecule has 0 saturated carbocycles. The molecule has 0 unspecified atom stereocenters. The van der Waals surface area contributed by atoms with Gasteiger partial charge in [-0.2, -0.15) is 0 Å². The van der Waals surface area contributed by atoms with E-state index in [4.69, 9.17) is 5.11 Å². The van der Waals surface area contributed by atoms with Gasteiger partial charge in [-0.15, -0.1) is 11.8 Å². The van der Waals surface area contributed by atoms with Gasteiger partial charge in [0, 0.05) is 22.8 Å². The zero-order valence-corrected chi connectivity index (χ0v) is 11.0. The summed E-state index contributed by atoms with van der Waals surface area (Å²) in [6.45, 7) is 0. The normalized spacial score (nSPS) is 10.3. The number of benzene rings is 2. The van der Waals surface area contributed by atoms with Gasteiger partial charge in [-0.05, 0) is 36.2 Å². The van der Waals surface area contributed by atoms with E-state index in [1.807, 2.05) is 12.1 Å². The molecule has 0 fully saturated rings. The number of hydrogen-bond donors (Lipinski definition) is 1. The smallest absolute Gasteiger partial charge is 0.269 e. The summed E-state index contributed by atoms with van der Waals surface area (Å²) in [5, 5.41) is 19.7. The fraction of sp³-hybridized carbons (Fsp3) is 0.143. The minimum Gasteiger partial charge on any atom is -0.508 e. The van der Waals surface area contributed by atoms with Crippen molar-refractivity contribution in [1.82, 2.24) is 0 Å². The summed E-state index contributed by atoms with van der Waals surface area (Å²) < 4.78 is 0. The Morgan fingerprint density at radius 1 is 1.05 bits per heavy atom. The first-order valence-corrected chi connectivity index (χ1v) is 6.79. The van der Waals surface area contributed by atoms with E-state index in [-0.39, 0.29) is 11.4 Å². The highest BCUT2D eigenvalue weighted by Crippen LogP contribution is 2.22. The fourth-order valence-electron chi connectivity index (χ4n) is 1.61. The summed E-state index contributed by atoms with van der Waals surface area (Å²) in [5.41, 5.74) is 1.20. The number of phenolic OH excluding ortho intramolecular Hbond substituents is 1. The lowest BCUT2D eigenvalue weighted by Crippen LogP contribution is -1.91. The third-order valence-corrected chi connectivity index (χ3v) is 3.66. The van der Waals surface area contributed by atoms with E-state index in [1.165, 1.54) is 12.1 Å². The van der Waals surface area contributed by atoms with Crippen molar-refractivity contribution in [3.05, 3.63) is 64.2 Å². The SMILES string of the molecule is O=[N+]([O-])c1ccc(CCSc2ccc(O)cc2)cc1. The third-order valence-electron chi connectivity index (χ3n) is 2.64. The lowest BCUT2D eigenvalue weighted by Gasteiger charge is -2.02. The quantitative estimate of drug-likeness (QED) is 0.514. The molecule has 2 aromatic rings. The van der Waals surface area contributed by atoms with Crippen LogP contribution in [-0.4, -0.2) is 15.8 Å². The summed E-state index contributed by atoms with van der Waals surface area (Å²) in [6, 6.07) is 13.7. The lowest BCUT2D eigenvalue weighted by molar-refractivity contribution is -0.384. The number of aryl methyl sites for hydroxylation is 1. The maximum atomic E-state index is 10.5. The van der Waals surface area contributed by atoms with Gasteiger partial charge >= 0.3 is 0 Å². The number of non-ortho nitro benzene ring substituents is 1. The van der Waals surface area contributed by atoms with E-state index in [9.17, 15) is 10.1 Å². The Morgan fingerprint density at radius 2 is 1.68 bits per heavy atom. The Balaban J connectivity index is 1.85. The molecule has 0 aliphatic heterocycles. The molecule has 2 aromatic carbocycles. The molecule has 0 amide bonds. The number of phenols is 1. The number of rotatable bonds is 5. The predicted molar refractivity (Wildman–Crippen MR) is 75.6 cm³/mol. The predicted octanol–water partition coefficient (Wildman–Crippen LogP) is 3.64. The van der Waals surface area contributed by atoms with E-state index in [1.54, 1.807) is 36.0 Å². The molecule has 0 heterocycles.